The Morgan fingerprint density at radius 2 is 1.44 bits per heavy atom. The molecule has 3 rings (SSSR count). The summed E-state index contributed by atoms with van der Waals surface area (Å²) in [7, 11) is -1.08. The van der Waals surface area contributed by atoms with Gasteiger partial charge in [-0.3, -0.25) is 13.9 Å². The minimum atomic E-state index is -4.14. The van der Waals surface area contributed by atoms with Crippen molar-refractivity contribution < 1.29 is 27.5 Å². The standard InChI is InChI=1S/C29H35N3O6S/c1-5-19-30-29(34)22(2)31(20-23-11-13-25(37-3)14-12-23)28(33)21-32(24-9-7-6-8-10-24)39(35,36)27-17-15-26(38-4)16-18-27/h6-18,22H,5,19-21H2,1-4H3,(H,30,34). The largest absolute Gasteiger partial charge is 0.497 e. The minimum absolute atomic E-state index is 0.00962. The zero-order valence-electron chi connectivity index (χ0n) is 22.7. The van der Waals surface area contributed by atoms with Crippen molar-refractivity contribution in [3.63, 3.8) is 0 Å². The molecule has 0 fully saturated rings. The molecule has 0 aliphatic carbocycles. The first-order valence-electron chi connectivity index (χ1n) is 12.6. The summed E-state index contributed by atoms with van der Waals surface area (Å²) in [6.07, 6.45) is 0.743. The normalized spacial score (nSPS) is 11.8. The van der Waals surface area contributed by atoms with Gasteiger partial charge in [-0.1, -0.05) is 37.3 Å². The number of hydrogen-bond acceptors (Lipinski definition) is 6. The van der Waals surface area contributed by atoms with Crippen molar-refractivity contribution in [2.75, 3.05) is 31.6 Å². The zero-order chi connectivity index (χ0) is 28.4. The van der Waals surface area contributed by atoms with Crippen LogP contribution in [0.4, 0.5) is 5.69 Å². The lowest BCUT2D eigenvalue weighted by Crippen LogP contribution is -2.51. The lowest BCUT2D eigenvalue weighted by atomic mass is 10.1. The predicted molar refractivity (Wildman–Crippen MR) is 150 cm³/mol. The van der Waals surface area contributed by atoms with Gasteiger partial charge in [0.1, 0.15) is 24.1 Å². The molecule has 0 aromatic heterocycles. The van der Waals surface area contributed by atoms with Gasteiger partial charge in [0.05, 0.1) is 24.8 Å². The van der Waals surface area contributed by atoms with Gasteiger partial charge in [-0.05, 0) is 67.4 Å². The number of methoxy groups -OCH3 is 2. The van der Waals surface area contributed by atoms with Crippen molar-refractivity contribution in [1.82, 2.24) is 10.2 Å². The van der Waals surface area contributed by atoms with Crippen molar-refractivity contribution in [1.29, 1.82) is 0 Å². The molecule has 1 N–H and O–H groups in total. The maximum absolute atomic E-state index is 13.8. The lowest BCUT2D eigenvalue weighted by Gasteiger charge is -2.32. The summed E-state index contributed by atoms with van der Waals surface area (Å²) in [4.78, 5) is 28.2. The van der Waals surface area contributed by atoms with Crippen molar-refractivity contribution in [2.45, 2.75) is 37.8 Å². The van der Waals surface area contributed by atoms with Crippen LogP contribution in [0.25, 0.3) is 0 Å². The maximum atomic E-state index is 13.8. The number of para-hydroxylation sites is 1. The van der Waals surface area contributed by atoms with E-state index in [1.807, 2.05) is 6.92 Å². The van der Waals surface area contributed by atoms with Gasteiger partial charge >= 0.3 is 0 Å². The first-order chi connectivity index (χ1) is 18.7. The summed E-state index contributed by atoms with van der Waals surface area (Å²) in [6, 6.07) is 20.7. The third kappa shape index (κ3) is 7.51. The molecule has 0 saturated heterocycles. The Hall–Kier alpha value is -4.05. The van der Waals surface area contributed by atoms with Crippen LogP contribution in [-0.2, 0) is 26.2 Å². The molecule has 0 bridgehead atoms. The van der Waals surface area contributed by atoms with Crippen LogP contribution in [0.3, 0.4) is 0 Å². The summed E-state index contributed by atoms with van der Waals surface area (Å²) < 4.78 is 39.0. The van der Waals surface area contributed by atoms with Gasteiger partial charge < -0.3 is 19.7 Å². The molecule has 39 heavy (non-hydrogen) atoms. The molecule has 9 nitrogen and oxygen atoms in total. The molecule has 3 aromatic carbocycles. The van der Waals surface area contributed by atoms with E-state index in [0.717, 1.165) is 16.3 Å². The molecular formula is C29H35N3O6S. The Labute approximate surface area is 230 Å². The van der Waals surface area contributed by atoms with Crippen LogP contribution >= 0.6 is 0 Å². The van der Waals surface area contributed by atoms with Crippen molar-refractivity contribution >= 4 is 27.5 Å². The first kappa shape index (κ1) is 29.5. The van der Waals surface area contributed by atoms with E-state index < -0.39 is 28.5 Å². The van der Waals surface area contributed by atoms with Gasteiger partial charge in [-0.15, -0.1) is 0 Å². The fourth-order valence-electron chi connectivity index (χ4n) is 3.90. The molecule has 1 unspecified atom stereocenters. The molecule has 3 aromatic rings. The molecule has 0 radical (unpaired) electrons. The molecule has 0 saturated carbocycles. The molecule has 208 valence electrons. The van der Waals surface area contributed by atoms with Gasteiger partial charge in [-0.2, -0.15) is 0 Å². The number of sulfonamides is 1. The average molecular weight is 554 g/mol. The second-order valence-electron chi connectivity index (χ2n) is 8.86. The molecular weight excluding hydrogens is 518 g/mol. The zero-order valence-corrected chi connectivity index (χ0v) is 23.5. The lowest BCUT2D eigenvalue weighted by molar-refractivity contribution is -0.139. The van der Waals surface area contributed by atoms with E-state index in [0.29, 0.717) is 23.7 Å². The smallest absolute Gasteiger partial charge is 0.264 e. The monoisotopic (exact) mass is 553 g/mol. The third-order valence-corrected chi connectivity index (χ3v) is 7.99. The highest BCUT2D eigenvalue weighted by molar-refractivity contribution is 7.92. The Balaban J connectivity index is 1.98. The average Bonchev–Trinajstić information content (AvgIpc) is 2.97. The third-order valence-electron chi connectivity index (χ3n) is 6.20. The van der Waals surface area contributed by atoms with Crippen LogP contribution in [0, 0.1) is 0 Å². The fourth-order valence-corrected chi connectivity index (χ4v) is 5.32. The molecule has 1 atom stereocenters. The van der Waals surface area contributed by atoms with Crippen molar-refractivity contribution in [2.24, 2.45) is 0 Å². The van der Waals surface area contributed by atoms with Crippen LogP contribution in [0.1, 0.15) is 25.8 Å². The summed E-state index contributed by atoms with van der Waals surface area (Å²) in [5.41, 5.74) is 1.10. The van der Waals surface area contributed by atoms with Crippen molar-refractivity contribution in [3.05, 3.63) is 84.4 Å². The Morgan fingerprint density at radius 3 is 1.97 bits per heavy atom. The van der Waals surface area contributed by atoms with Crippen LogP contribution < -0.4 is 19.1 Å². The first-order valence-corrected chi connectivity index (χ1v) is 14.1. The number of nitrogens with zero attached hydrogens (tertiary/aromatic N) is 2. The van der Waals surface area contributed by atoms with E-state index in [1.165, 1.54) is 24.1 Å². The van der Waals surface area contributed by atoms with E-state index in [9.17, 15) is 18.0 Å². The molecule has 0 heterocycles. The number of nitrogens with one attached hydrogen (secondary N) is 1. The van der Waals surface area contributed by atoms with Crippen molar-refractivity contribution in [3.8, 4) is 11.5 Å². The molecule has 2 amide bonds. The van der Waals surface area contributed by atoms with E-state index in [2.05, 4.69) is 5.32 Å². The quantitative estimate of drug-likeness (QED) is 0.345. The summed E-state index contributed by atoms with van der Waals surface area (Å²) >= 11 is 0. The molecule has 0 spiro atoms. The molecule has 10 heteroatoms. The van der Waals surface area contributed by atoms with Crippen LogP contribution in [-0.4, -0.2) is 58.5 Å². The van der Waals surface area contributed by atoms with Crippen LogP contribution in [0.5, 0.6) is 11.5 Å². The van der Waals surface area contributed by atoms with Gasteiger partial charge in [0.2, 0.25) is 11.8 Å². The highest BCUT2D eigenvalue weighted by Gasteiger charge is 2.32. The van der Waals surface area contributed by atoms with Gasteiger partial charge in [-0.25, -0.2) is 8.42 Å². The highest BCUT2D eigenvalue weighted by Crippen LogP contribution is 2.26. The summed E-state index contributed by atoms with van der Waals surface area (Å²) in [5, 5.41) is 2.83. The Kier molecular flexibility index (Phi) is 10.3. The fraction of sp³-hybridized carbons (Fsp3) is 0.310. The maximum Gasteiger partial charge on any atom is 0.264 e. The number of benzene rings is 3. The van der Waals surface area contributed by atoms with E-state index in [-0.39, 0.29) is 17.3 Å². The second-order valence-corrected chi connectivity index (χ2v) is 10.7. The summed E-state index contributed by atoms with van der Waals surface area (Å²) in [6.45, 7) is 3.65. The number of ether oxygens (including phenoxy) is 2. The topological polar surface area (TPSA) is 105 Å². The van der Waals surface area contributed by atoms with Gasteiger partial charge in [0.15, 0.2) is 0 Å². The minimum Gasteiger partial charge on any atom is -0.497 e. The van der Waals surface area contributed by atoms with Gasteiger partial charge in [0.25, 0.3) is 10.0 Å². The number of amides is 2. The predicted octanol–water partition coefficient (Wildman–Crippen LogP) is 3.84. The van der Waals surface area contributed by atoms with Crippen LogP contribution in [0.15, 0.2) is 83.8 Å². The van der Waals surface area contributed by atoms with E-state index >= 15 is 0 Å². The van der Waals surface area contributed by atoms with E-state index in [1.54, 1.807) is 80.8 Å². The number of rotatable bonds is 13. The number of hydrogen-bond donors (Lipinski definition) is 1. The van der Waals surface area contributed by atoms with E-state index in [4.69, 9.17) is 9.47 Å². The number of carbonyl (C=O) groups excluding carboxylic acids is 2. The number of anilines is 1. The highest BCUT2D eigenvalue weighted by atomic mass is 32.2. The Morgan fingerprint density at radius 1 is 0.872 bits per heavy atom. The SMILES string of the molecule is CCCNC(=O)C(C)N(Cc1ccc(OC)cc1)C(=O)CN(c1ccccc1)S(=O)(=O)c1ccc(OC)cc1. The Bertz CT molecular complexity index is 1330. The second kappa shape index (κ2) is 13.7. The number of carbonyl (C=O) groups is 2. The molecule has 0 aliphatic rings. The van der Waals surface area contributed by atoms with Gasteiger partial charge in [0, 0.05) is 13.1 Å². The van der Waals surface area contributed by atoms with Crippen LogP contribution in [0.2, 0.25) is 0 Å². The summed E-state index contributed by atoms with van der Waals surface area (Å²) in [5.74, 6) is 0.328. The molecule has 0 aliphatic heterocycles.